The quantitative estimate of drug-likeness (QED) is 0.855. The molecule has 0 aliphatic carbocycles. The van der Waals surface area contributed by atoms with Gasteiger partial charge in [0, 0.05) is 5.69 Å². The molecule has 1 heterocycles. The standard InChI is InChI=1S/C15H17ClN2O/c1-4-7-12-10(2)17-18(11(12)3)15(19)13-8-5-6-9-14(13)16/h5-6,8-9H,4,7H2,1-3H3. The maximum absolute atomic E-state index is 12.5. The van der Waals surface area contributed by atoms with Gasteiger partial charge >= 0.3 is 0 Å². The number of halogens is 1. The van der Waals surface area contributed by atoms with E-state index < -0.39 is 0 Å². The summed E-state index contributed by atoms with van der Waals surface area (Å²) in [6.45, 7) is 5.99. The van der Waals surface area contributed by atoms with Gasteiger partial charge in [-0.25, -0.2) is 4.68 Å². The largest absolute Gasteiger partial charge is 0.279 e. The first-order valence-corrected chi connectivity index (χ1v) is 6.78. The molecular weight excluding hydrogens is 260 g/mol. The second-order valence-electron chi connectivity index (χ2n) is 4.60. The van der Waals surface area contributed by atoms with Crippen LogP contribution in [0.1, 0.15) is 40.7 Å². The molecule has 0 aliphatic rings. The van der Waals surface area contributed by atoms with Gasteiger partial charge in [-0.3, -0.25) is 4.79 Å². The molecule has 0 atom stereocenters. The molecule has 0 amide bonds. The maximum atomic E-state index is 12.5. The van der Waals surface area contributed by atoms with E-state index in [1.807, 2.05) is 19.9 Å². The van der Waals surface area contributed by atoms with Crippen molar-refractivity contribution in [1.82, 2.24) is 9.78 Å². The van der Waals surface area contributed by atoms with E-state index in [-0.39, 0.29) is 5.91 Å². The fourth-order valence-electron chi connectivity index (χ4n) is 2.23. The van der Waals surface area contributed by atoms with Crippen molar-refractivity contribution in [2.75, 3.05) is 0 Å². The van der Waals surface area contributed by atoms with E-state index in [4.69, 9.17) is 11.6 Å². The Morgan fingerprint density at radius 3 is 2.63 bits per heavy atom. The number of carbonyl (C=O) groups excluding carboxylic acids is 1. The Morgan fingerprint density at radius 2 is 2.00 bits per heavy atom. The van der Waals surface area contributed by atoms with Gasteiger partial charge in [-0.1, -0.05) is 37.1 Å². The van der Waals surface area contributed by atoms with Gasteiger partial charge in [0.2, 0.25) is 0 Å². The monoisotopic (exact) mass is 276 g/mol. The summed E-state index contributed by atoms with van der Waals surface area (Å²) in [6, 6.07) is 7.05. The Morgan fingerprint density at radius 1 is 1.32 bits per heavy atom. The first-order chi connectivity index (χ1) is 9.06. The highest BCUT2D eigenvalue weighted by atomic mass is 35.5. The van der Waals surface area contributed by atoms with Crippen LogP contribution in [-0.2, 0) is 6.42 Å². The van der Waals surface area contributed by atoms with Crippen LogP contribution in [0.25, 0.3) is 0 Å². The summed E-state index contributed by atoms with van der Waals surface area (Å²) in [5.41, 5.74) is 3.46. The van der Waals surface area contributed by atoms with Crippen molar-refractivity contribution in [3.8, 4) is 0 Å². The topological polar surface area (TPSA) is 34.9 Å². The molecule has 100 valence electrons. The highest BCUT2D eigenvalue weighted by Gasteiger charge is 2.18. The average Bonchev–Trinajstić information content (AvgIpc) is 2.67. The second kappa shape index (κ2) is 5.57. The van der Waals surface area contributed by atoms with Crippen LogP contribution in [0.3, 0.4) is 0 Å². The molecule has 0 fully saturated rings. The third kappa shape index (κ3) is 2.56. The lowest BCUT2D eigenvalue weighted by Crippen LogP contribution is -2.16. The van der Waals surface area contributed by atoms with Crippen molar-refractivity contribution in [3.05, 3.63) is 51.8 Å². The van der Waals surface area contributed by atoms with Crippen LogP contribution in [0, 0.1) is 13.8 Å². The molecule has 0 spiro atoms. The molecule has 1 aromatic heterocycles. The Hall–Kier alpha value is -1.61. The molecule has 0 radical (unpaired) electrons. The molecule has 3 nitrogen and oxygen atoms in total. The highest BCUT2D eigenvalue weighted by molar-refractivity contribution is 6.33. The summed E-state index contributed by atoms with van der Waals surface area (Å²) in [4.78, 5) is 12.5. The molecule has 0 saturated carbocycles. The van der Waals surface area contributed by atoms with Crippen LogP contribution >= 0.6 is 11.6 Å². The number of hydrogen-bond donors (Lipinski definition) is 0. The number of benzene rings is 1. The first kappa shape index (κ1) is 13.8. The van der Waals surface area contributed by atoms with Crippen LogP contribution in [0.4, 0.5) is 0 Å². The summed E-state index contributed by atoms with van der Waals surface area (Å²) in [6.07, 6.45) is 1.97. The van der Waals surface area contributed by atoms with Gasteiger partial charge in [-0.05, 0) is 38.0 Å². The Kier molecular flexibility index (Phi) is 4.05. The third-order valence-electron chi connectivity index (χ3n) is 3.24. The lowest BCUT2D eigenvalue weighted by atomic mass is 10.1. The van der Waals surface area contributed by atoms with E-state index in [0.717, 1.165) is 29.8 Å². The summed E-state index contributed by atoms with van der Waals surface area (Å²) in [7, 11) is 0. The minimum absolute atomic E-state index is 0.173. The SMILES string of the molecule is CCCc1c(C)nn(C(=O)c2ccccc2Cl)c1C. The minimum Gasteiger partial charge on any atom is -0.267 e. The average molecular weight is 277 g/mol. The molecule has 4 heteroatoms. The molecule has 0 saturated heterocycles. The van der Waals surface area contributed by atoms with Crippen LogP contribution in [0.5, 0.6) is 0 Å². The number of carbonyl (C=O) groups is 1. The number of aromatic nitrogens is 2. The fourth-order valence-corrected chi connectivity index (χ4v) is 2.45. The van der Waals surface area contributed by atoms with Gasteiger partial charge in [0.25, 0.3) is 5.91 Å². The van der Waals surface area contributed by atoms with Crippen molar-refractivity contribution >= 4 is 17.5 Å². The predicted octanol–water partition coefficient (Wildman–Crippen LogP) is 3.79. The molecule has 19 heavy (non-hydrogen) atoms. The van der Waals surface area contributed by atoms with Gasteiger partial charge in [-0.15, -0.1) is 0 Å². The van der Waals surface area contributed by atoms with E-state index in [0.29, 0.717) is 10.6 Å². The predicted molar refractivity (Wildman–Crippen MR) is 76.9 cm³/mol. The molecule has 0 unspecified atom stereocenters. The zero-order valence-corrected chi connectivity index (χ0v) is 12.2. The Labute approximate surface area is 118 Å². The number of rotatable bonds is 3. The van der Waals surface area contributed by atoms with Crippen molar-refractivity contribution in [3.63, 3.8) is 0 Å². The lowest BCUT2D eigenvalue weighted by molar-refractivity contribution is 0.0942. The van der Waals surface area contributed by atoms with Crippen LogP contribution in [0.15, 0.2) is 24.3 Å². The molecule has 0 N–H and O–H groups in total. The van der Waals surface area contributed by atoms with Gasteiger partial charge in [0.05, 0.1) is 16.3 Å². The summed E-state index contributed by atoms with van der Waals surface area (Å²) >= 11 is 6.07. The van der Waals surface area contributed by atoms with Gasteiger partial charge in [-0.2, -0.15) is 5.10 Å². The van der Waals surface area contributed by atoms with Crippen LogP contribution in [0.2, 0.25) is 5.02 Å². The van der Waals surface area contributed by atoms with E-state index in [2.05, 4.69) is 12.0 Å². The molecule has 0 aliphatic heterocycles. The zero-order valence-electron chi connectivity index (χ0n) is 11.4. The highest BCUT2D eigenvalue weighted by Crippen LogP contribution is 2.20. The van der Waals surface area contributed by atoms with E-state index >= 15 is 0 Å². The zero-order chi connectivity index (χ0) is 14.0. The number of aryl methyl sites for hydroxylation is 1. The molecule has 0 bridgehead atoms. The summed E-state index contributed by atoms with van der Waals surface area (Å²) in [5.74, 6) is -0.173. The van der Waals surface area contributed by atoms with Gasteiger partial charge in [0.1, 0.15) is 0 Å². The molecule has 1 aromatic carbocycles. The lowest BCUT2D eigenvalue weighted by Gasteiger charge is -2.05. The normalized spacial score (nSPS) is 10.7. The Balaban J connectivity index is 2.46. The third-order valence-corrected chi connectivity index (χ3v) is 3.57. The van der Waals surface area contributed by atoms with Crippen molar-refractivity contribution in [1.29, 1.82) is 0 Å². The van der Waals surface area contributed by atoms with Gasteiger partial charge < -0.3 is 0 Å². The maximum Gasteiger partial charge on any atom is 0.279 e. The van der Waals surface area contributed by atoms with Crippen molar-refractivity contribution in [2.45, 2.75) is 33.6 Å². The van der Waals surface area contributed by atoms with Crippen LogP contribution in [-0.4, -0.2) is 15.7 Å². The summed E-state index contributed by atoms with van der Waals surface area (Å²) in [5, 5.41) is 4.81. The molecule has 2 rings (SSSR count). The Bertz CT molecular complexity index is 617. The van der Waals surface area contributed by atoms with Crippen molar-refractivity contribution in [2.24, 2.45) is 0 Å². The van der Waals surface area contributed by atoms with Crippen LogP contribution < -0.4 is 0 Å². The second-order valence-corrected chi connectivity index (χ2v) is 5.00. The van der Waals surface area contributed by atoms with E-state index in [1.54, 1.807) is 18.2 Å². The first-order valence-electron chi connectivity index (χ1n) is 6.40. The smallest absolute Gasteiger partial charge is 0.267 e. The fraction of sp³-hybridized carbons (Fsp3) is 0.333. The minimum atomic E-state index is -0.173. The number of hydrogen-bond acceptors (Lipinski definition) is 2. The summed E-state index contributed by atoms with van der Waals surface area (Å²) < 4.78 is 1.46. The van der Waals surface area contributed by atoms with Crippen molar-refractivity contribution < 1.29 is 4.79 Å². The van der Waals surface area contributed by atoms with E-state index in [1.165, 1.54) is 4.68 Å². The number of nitrogens with zero attached hydrogens (tertiary/aromatic N) is 2. The molecule has 2 aromatic rings. The van der Waals surface area contributed by atoms with E-state index in [9.17, 15) is 4.79 Å². The van der Waals surface area contributed by atoms with Gasteiger partial charge in [0.15, 0.2) is 0 Å². The molecular formula is C15H17ClN2O.